The maximum absolute atomic E-state index is 6.18. The molecule has 1 saturated heterocycles. The van der Waals surface area contributed by atoms with Gasteiger partial charge in [0.15, 0.2) is 0 Å². The molecule has 2 N–H and O–H groups in total. The van der Waals surface area contributed by atoms with Crippen LogP contribution in [0.15, 0.2) is 11.4 Å². The Morgan fingerprint density at radius 2 is 2.50 bits per heavy atom. The minimum absolute atomic E-state index is 0.0995. The second-order valence-corrected chi connectivity index (χ2v) is 5.23. The molecule has 0 aromatic carbocycles. The summed E-state index contributed by atoms with van der Waals surface area (Å²) in [5, 5.41) is 2.73. The van der Waals surface area contributed by atoms with Crippen LogP contribution in [0.25, 0.3) is 0 Å². The van der Waals surface area contributed by atoms with Gasteiger partial charge < -0.3 is 10.5 Å². The largest absolute Gasteiger partial charge is 0.373 e. The van der Waals surface area contributed by atoms with Gasteiger partial charge in [-0.05, 0) is 31.2 Å². The van der Waals surface area contributed by atoms with Crippen LogP contribution in [0.1, 0.15) is 30.7 Å². The van der Waals surface area contributed by atoms with Crippen LogP contribution >= 0.6 is 22.9 Å². The van der Waals surface area contributed by atoms with E-state index in [0.717, 1.165) is 29.3 Å². The Morgan fingerprint density at radius 3 is 3.00 bits per heavy atom. The molecule has 1 fully saturated rings. The van der Waals surface area contributed by atoms with Gasteiger partial charge in [0.1, 0.15) is 0 Å². The molecule has 1 aromatic rings. The highest BCUT2D eigenvalue weighted by molar-refractivity contribution is 7.10. The van der Waals surface area contributed by atoms with Crippen LogP contribution in [0.2, 0.25) is 5.02 Å². The monoisotopic (exact) mass is 231 g/mol. The molecule has 1 aliphatic rings. The second kappa shape index (κ2) is 3.81. The van der Waals surface area contributed by atoms with Crippen LogP contribution in [0.3, 0.4) is 0 Å². The first-order chi connectivity index (χ1) is 6.63. The summed E-state index contributed by atoms with van der Waals surface area (Å²) >= 11 is 7.66. The highest BCUT2D eigenvalue weighted by Gasteiger charge is 2.38. The number of hydrogen-bond acceptors (Lipinski definition) is 3. The van der Waals surface area contributed by atoms with Gasteiger partial charge in [-0.2, -0.15) is 0 Å². The Labute approximate surface area is 93.0 Å². The Hall–Kier alpha value is -0.0900. The Bertz CT molecular complexity index is 320. The van der Waals surface area contributed by atoms with E-state index in [2.05, 4.69) is 6.92 Å². The molecule has 4 heteroatoms. The highest BCUT2D eigenvalue weighted by atomic mass is 35.5. The molecule has 78 valence electrons. The summed E-state index contributed by atoms with van der Waals surface area (Å²) in [5.41, 5.74) is 5.95. The van der Waals surface area contributed by atoms with Crippen molar-refractivity contribution >= 4 is 22.9 Å². The summed E-state index contributed by atoms with van der Waals surface area (Å²) in [6.45, 7) is 2.88. The molecule has 0 bridgehead atoms. The van der Waals surface area contributed by atoms with Gasteiger partial charge >= 0.3 is 0 Å². The molecule has 1 aliphatic heterocycles. The van der Waals surface area contributed by atoms with Gasteiger partial charge in [0.25, 0.3) is 0 Å². The van der Waals surface area contributed by atoms with Crippen LogP contribution in [-0.2, 0) is 4.74 Å². The molecule has 2 nitrogen and oxygen atoms in total. The van der Waals surface area contributed by atoms with Crippen molar-refractivity contribution in [2.45, 2.75) is 31.4 Å². The van der Waals surface area contributed by atoms with Crippen molar-refractivity contribution in [1.82, 2.24) is 0 Å². The predicted molar refractivity (Wildman–Crippen MR) is 59.8 cm³/mol. The predicted octanol–water partition coefficient (Wildman–Crippen LogP) is 2.97. The lowest BCUT2D eigenvalue weighted by atomic mass is 9.93. The lowest BCUT2D eigenvalue weighted by molar-refractivity contribution is -0.000846. The van der Waals surface area contributed by atoms with E-state index in [-0.39, 0.29) is 11.6 Å². The Balaban J connectivity index is 2.23. The Morgan fingerprint density at radius 1 is 1.71 bits per heavy atom. The van der Waals surface area contributed by atoms with Crippen LogP contribution in [0, 0.1) is 0 Å². The third-order valence-electron chi connectivity index (χ3n) is 2.83. The molecule has 0 saturated carbocycles. The first-order valence-electron chi connectivity index (χ1n) is 4.76. The minimum atomic E-state index is -0.228. The maximum Gasteiger partial charge on any atom is 0.0855 e. The van der Waals surface area contributed by atoms with Gasteiger partial charge in [0.2, 0.25) is 0 Å². The number of rotatable bonds is 2. The maximum atomic E-state index is 6.18. The number of ether oxygens (including phenoxy) is 1. The minimum Gasteiger partial charge on any atom is -0.373 e. The first-order valence-corrected chi connectivity index (χ1v) is 6.02. The number of halogens is 1. The van der Waals surface area contributed by atoms with Gasteiger partial charge in [-0.1, -0.05) is 11.6 Å². The topological polar surface area (TPSA) is 35.2 Å². The van der Waals surface area contributed by atoms with Gasteiger partial charge in [-0.25, -0.2) is 0 Å². The van der Waals surface area contributed by atoms with Crippen molar-refractivity contribution in [2.24, 2.45) is 5.73 Å². The van der Waals surface area contributed by atoms with Crippen molar-refractivity contribution < 1.29 is 4.74 Å². The number of nitrogens with two attached hydrogens (primary N) is 1. The lowest BCUT2D eigenvalue weighted by Gasteiger charge is -2.29. The zero-order valence-electron chi connectivity index (χ0n) is 8.13. The van der Waals surface area contributed by atoms with Crippen LogP contribution in [-0.4, -0.2) is 12.2 Å². The van der Waals surface area contributed by atoms with Crippen molar-refractivity contribution in [2.75, 3.05) is 6.61 Å². The fraction of sp³-hybridized carbons (Fsp3) is 0.600. The van der Waals surface area contributed by atoms with E-state index in [1.54, 1.807) is 11.3 Å². The van der Waals surface area contributed by atoms with Crippen molar-refractivity contribution in [3.63, 3.8) is 0 Å². The SMILES string of the molecule is CC1(C(N)c2sccc2Cl)CCCO1. The summed E-state index contributed by atoms with van der Waals surface area (Å²) in [6, 6.07) is 1.79. The van der Waals surface area contributed by atoms with Crippen molar-refractivity contribution in [1.29, 1.82) is 0 Å². The fourth-order valence-corrected chi connectivity index (χ4v) is 3.17. The van der Waals surface area contributed by atoms with E-state index >= 15 is 0 Å². The van der Waals surface area contributed by atoms with E-state index in [4.69, 9.17) is 22.1 Å². The molecule has 2 heterocycles. The van der Waals surface area contributed by atoms with Crippen LogP contribution < -0.4 is 5.73 Å². The quantitative estimate of drug-likeness (QED) is 0.850. The standard InChI is InChI=1S/C10H14ClNOS/c1-10(4-2-5-13-10)9(12)8-7(11)3-6-14-8/h3,6,9H,2,4-5,12H2,1H3. The second-order valence-electron chi connectivity index (χ2n) is 3.88. The molecule has 2 rings (SSSR count). The van der Waals surface area contributed by atoms with E-state index in [1.807, 2.05) is 11.4 Å². The lowest BCUT2D eigenvalue weighted by Crippen LogP contribution is -2.37. The number of hydrogen-bond donors (Lipinski definition) is 1. The zero-order valence-corrected chi connectivity index (χ0v) is 9.70. The molecule has 2 unspecified atom stereocenters. The van der Waals surface area contributed by atoms with E-state index in [0.29, 0.717) is 0 Å². The first kappa shape index (κ1) is 10.4. The van der Waals surface area contributed by atoms with Crippen molar-refractivity contribution in [3.05, 3.63) is 21.3 Å². The van der Waals surface area contributed by atoms with Gasteiger partial charge in [-0.15, -0.1) is 11.3 Å². The van der Waals surface area contributed by atoms with E-state index in [1.165, 1.54) is 0 Å². The molecule has 0 aliphatic carbocycles. The number of thiophene rings is 1. The van der Waals surface area contributed by atoms with Gasteiger partial charge in [0, 0.05) is 11.5 Å². The zero-order chi connectivity index (χ0) is 10.2. The van der Waals surface area contributed by atoms with Crippen molar-refractivity contribution in [3.8, 4) is 0 Å². The fourth-order valence-electron chi connectivity index (χ4n) is 1.85. The van der Waals surface area contributed by atoms with Gasteiger partial charge in [0.05, 0.1) is 16.7 Å². The van der Waals surface area contributed by atoms with Crippen LogP contribution in [0.4, 0.5) is 0 Å². The molecule has 0 radical (unpaired) electrons. The third-order valence-corrected chi connectivity index (χ3v) is 4.28. The third kappa shape index (κ3) is 1.70. The smallest absolute Gasteiger partial charge is 0.0855 e. The summed E-state index contributed by atoms with van der Waals surface area (Å²) in [5.74, 6) is 0. The average molecular weight is 232 g/mol. The molecular formula is C10H14ClNOS. The van der Waals surface area contributed by atoms with E-state index in [9.17, 15) is 0 Å². The normalized spacial score (nSPS) is 29.4. The van der Waals surface area contributed by atoms with Gasteiger partial charge in [-0.3, -0.25) is 0 Å². The molecule has 0 spiro atoms. The van der Waals surface area contributed by atoms with E-state index < -0.39 is 0 Å². The summed E-state index contributed by atoms with van der Waals surface area (Å²) in [6.07, 6.45) is 2.11. The molecule has 14 heavy (non-hydrogen) atoms. The van der Waals surface area contributed by atoms with Crippen LogP contribution in [0.5, 0.6) is 0 Å². The molecule has 2 atom stereocenters. The molecular weight excluding hydrogens is 218 g/mol. The summed E-state index contributed by atoms with van der Waals surface area (Å²) < 4.78 is 5.70. The summed E-state index contributed by atoms with van der Waals surface area (Å²) in [4.78, 5) is 1.04. The average Bonchev–Trinajstić information content (AvgIpc) is 2.74. The highest BCUT2D eigenvalue weighted by Crippen LogP contribution is 2.40. The Kier molecular flexibility index (Phi) is 2.84. The molecule has 0 amide bonds. The molecule has 1 aromatic heterocycles. The summed E-state index contributed by atoms with van der Waals surface area (Å²) in [7, 11) is 0.